The summed E-state index contributed by atoms with van der Waals surface area (Å²) in [6, 6.07) is 0. The Labute approximate surface area is 98.6 Å². The number of carbonyl (C=O) groups is 1. The molecule has 0 bridgehead atoms. The second-order valence-corrected chi connectivity index (χ2v) is 5.65. The zero-order valence-corrected chi connectivity index (χ0v) is 10.4. The summed E-state index contributed by atoms with van der Waals surface area (Å²) in [5.74, 6) is 2.58. The van der Waals surface area contributed by atoms with Crippen molar-refractivity contribution in [3.05, 3.63) is 23.8 Å². The van der Waals surface area contributed by atoms with E-state index >= 15 is 0 Å². The van der Waals surface area contributed by atoms with E-state index < -0.39 is 0 Å². The van der Waals surface area contributed by atoms with Crippen molar-refractivity contribution in [2.45, 2.75) is 39.5 Å². The molecule has 2 aliphatic carbocycles. The van der Waals surface area contributed by atoms with Gasteiger partial charge in [-0.3, -0.25) is 4.79 Å². The van der Waals surface area contributed by atoms with Gasteiger partial charge in [-0.2, -0.15) is 0 Å². The van der Waals surface area contributed by atoms with Crippen molar-refractivity contribution in [3.8, 4) is 0 Å². The van der Waals surface area contributed by atoms with Gasteiger partial charge in [-0.1, -0.05) is 25.2 Å². The molecule has 2 rings (SSSR count). The minimum absolute atomic E-state index is 0.411. The molecule has 0 aromatic rings. The highest BCUT2D eigenvalue weighted by molar-refractivity contribution is 5.73. The van der Waals surface area contributed by atoms with Crippen LogP contribution in [0.1, 0.15) is 39.5 Å². The van der Waals surface area contributed by atoms with Crippen molar-refractivity contribution < 1.29 is 4.79 Å². The van der Waals surface area contributed by atoms with Gasteiger partial charge in [-0.05, 0) is 61.9 Å². The maximum Gasteiger partial charge on any atom is 0.145 e. The Morgan fingerprint density at radius 3 is 2.88 bits per heavy atom. The lowest BCUT2D eigenvalue weighted by molar-refractivity contribution is -0.105. The van der Waals surface area contributed by atoms with Gasteiger partial charge in [0.1, 0.15) is 6.29 Å². The maximum absolute atomic E-state index is 10.9. The summed E-state index contributed by atoms with van der Waals surface area (Å²) in [6.07, 6.45) is 8.33. The molecular weight excluding hydrogens is 196 g/mol. The highest BCUT2D eigenvalue weighted by Crippen LogP contribution is 2.47. The zero-order chi connectivity index (χ0) is 11.7. The Morgan fingerprint density at radius 2 is 2.19 bits per heavy atom. The molecule has 0 aliphatic heterocycles. The van der Waals surface area contributed by atoms with Crippen LogP contribution in [0.4, 0.5) is 0 Å². The minimum Gasteiger partial charge on any atom is -0.298 e. The van der Waals surface area contributed by atoms with E-state index in [1.54, 1.807) is 0 Å². The molecular formula is C15H22O. The summed E-state index contributed by atoms with van der Waals surface area (Å²) < 4.78 is 0. The van der Waals surface area contributed by atoms with Gasteiger partial charge >= 0.3 is 0 Å². The van der Waals surface area contributed by atoms with Crippen LogP contribution in [-0.4, -0.2) is 6.29 Å². The van der Waals surface area contributed by atoms with Crippen LogP contribution in [0, 0.1) is 23.7 Å². The van der Waals surface area contributed by atoms with Crippen molar-refractivity contribution in [1.82, 2.24) is 0 Å². The third-order valence-corrected chi connectivity index (χ3v) is 4.60. The largest absolute Gasteiger partial charge is 0.298 e. The van der Waals surface area contributed by atoms with Gasteiger partial charge in [0, 0.05) is 0 Å². The molecule has 1 heteroatoms. The lowest BCUT2D eigenvalue weighted by Gasteiger charge is -2.43. The molecule has 0 saturated heterocycles. The molecule has 88 valence electrons. The van der Waals surface area contributed by atoms with E-state index in [1.165, 1.54) is 24.8 Å². The summed E-state index contributed by atoms with van der Waals surface area (Å²) in [7, 11) is 0. The highest BCUT2D eigenvalue weighted by Gasteiger charge is 2.38. The normalized spacial score (nSPS) is 38.5. The fraction of sp³-hybridized carbons (Fsp3) is 0.667. The van der Waals surface area contributed by atoms with E-state index in [2.05, 4.69) is 26.5 Å². The van der Waals surface area contributed by atoms with Crippen LogP contribution in [0.5, 0.6) is 0 Å². The van der Waals surface area contributed by atoms with E-state index in [1.807, 2.05) is 0 Å². The topological polar surface area (TPSA) is 17.1 Å². The first-order valence-electron chi connectivity index (χ1n) is 6.44. The number of hydrogen-bond donors (Lipinski definition) is 0. The standard InChI is InChI=1S/C15H22O/c1-10-4-6-13-11(2)5-7-14(12(3)9-16)15(13)8-10/h8-9,11,13-15H,3-7H2,1-2H3/t11-,13+,14?,15+/m1/s1. The second kappa shape index (κ2) is 4.57. The van der Waals surface area contributed by atoms with Crippen LogP contribution in [-0.2, 0) is 4.79 Å². The maximum atomic E-state index is 10.9. The SMILES string of the molecule is C=C(C=O)C1CC[C@@H](C)[C@@H]2CCC(C)=C[C@H]12. The van der Waals surface area contributed by atoms with Gasteiger partial charge in [0.05, 0.1) is 0 Å². The van der Waals surface area contributed by atoms with Crippen LogP contribution < -0.4 is 0 Å². The Bertz CT molecular complexity index is 326. The molecule has 0 aromatic heterocycles. The van der Waals surface area contributed by atoms with Gasteiger partial charge in [-0.15, -0.1) is 0 Å². The van der Waals surface area contributed by atoms with E-state index in [9.17, 15) is 4.79 Å². The van der Waals surface area contributed by atoms with Crippen molar-refractivity contribution in [1.29, 1.82) is 0 Å². The summed E-state index contributed by atoms with van der Waals surface area (Å²) in [5, 5.41) is 0. The number of fused-ring (bicyclic) bond motifs is 1. The first kappa shape index (κ1) is 11.6. The number of hydrogen-bond acceptors (Lipinski definition) is 1. The van der Waals surface area contributed by atoms with Crippen molar-refractivity contribution >= 4 is 6.29 Å². The highest BCUT2D eigenvalue weighted by atomic mass is 16.1. The minimum atomic E-state index is 0.411. The number of aldehydes is 1. The average Bonchev–Trinajstić information content (AvgIpc) is 2.28. The predicted octanol–water partition coefficient (Wildman–Crippen LogP) is 3.76. The fourth-order valence-electron chi connectivity index (χ4n) is 3.57. The first-order chi connectivity index (χ1) is 7.63. The Balaban J connectivity index is 2.25. The molecule has 0 radical (unpaired) electrons. The molecule has 0 N–H and O–H groups in total. The van der Waals surface area contributed by atoms with Crippen molar-refractivity contribution in [2.75, 3.05) is 0 Å². The molecule has 1 nitrogen and oxygen atoms in total. The molecule has 1 unspecified atom stereocenters. The molecule has 0 aromatic carbocycles. The predicted molar refractivity (Wildman–Crippen MR) is 67.1 cm³/mol. The number of allylic oxidation sites excluding steroid dienone is 3. The van der Waals surface area contributed by atoms with Crippen LogP contribution >= 0.6 is 0 Å². The fourth-order valence-corrected chi connectivity index (χ4v) is 3.57. The summed E-state index contributed by atoms with van der Waals surface area (Å²) in [4.78, 5) is 10.9. The van der Waals surface area contributed by atoms with Crippen LogP contribution in [0.15, 0.2) is 23.8 Å². The lowest BCUT2D eigenvalue weighted by Crippen LogP contribution is -2.35. The third kappa shape index (κ3) is 2.00. The van der Waals surface area contributed by atoms with E-state index in [-0.39, 0.29) is 0 Å². The Kier molecular flexibility index (Phi) is 3.32. The van der Waals surface area contributed by atoms with Gasteiger partial charge in [-0.25, -0.2) is 0 Å². The smallest absolute Gasteiger partial charge is 0.145 e. The second-order valence-electron chi connectivity index (χ2n) is 5.65. The van der Waals surface area contributed by atoms with Gasteiger partial charge < -0.3 is 0 Å². The Morgan fingerprint density at radius 1 is 1.44 bits per heavy atom. The third-order valence-electron chi connectivity index (χ3n) is 4.60. The molecule has 0 spiro atoms. The van der Waals surface area contributed by atoms with E-state index in [0.29, 0.717) is 11.8 Å². The van der Waals surface area contributed by atoms with Gasteiger partial charge in [0.2, 0.25) is 0 Å². The summed E-state index contributed by atoms with van der Waals surface area (Å²) in [6.45, 7) is 8.53. The quantitative estimate of drug-likeness (QED) is 0.392. The molecule has 1 saturated carbocycles. The molecule has 0 heterocycles. The molecule has 0 amide bonds. The summed E-state index contributed by atoms with van der Waals surface area (Å²) in [5.41, 5.74) is 2.31. The molecule has 2 aliphatic rings. The van der Waals surface area contributed by atoms with Gasteiger partial charge in [0.15, 0.2) is 0 Å². The van der Waals surface area contributed by atoms with Crippen LogP contribution in [0.25, 0.3) is 0 Å². The van der Waals surface area contributed by atoms with Crippen molar-refractivity contribution in [3.63, 3.8) is 0 Å². The number of rotatable bonds is 2. The number of carbonyl (C=O) groups excluding carboxylic acids is 1. The van der Waals surface area contributed by atoms with E-state index in [0.717, 1.165) is 30.1 Å². The molecule has 4 atom stereocenters. The van der Waals surface area contributed by atoms with Crippen LogP contribution in [0.2, 0.25) is 0 Å². The molecule has 1 fully saturated rings. The monoisotopic (exact) mass is 218 g/mol. The zero-order valence-electron chi connectivity index (χ0n) is 10.4. The molecule has 16 heavy (non-hydrogen) atoms. The van der Waals surface area contributed by atoms with Crippen LogP contribution in [0.3, 0.4) is 0 Å². The van der Waals surface area contributed by atoms with Crippen molar-refractivity contribution in [2.24, 2.45) is 23.7 Å². The summed E-state index contributed by atoms with van der Waals surface area (Å²) >= 11 is 0. The lowest BCUT2D eigenvalue weighted by atomic mass is 9.61. The Hall–Kier alpha value is -0.850. The van der Waals surface area contributed by atoms with Gasteiger partial charge in [0.25, 0.3) is 0 Å². The average molecular weight is 218 g/mol. The first-order valence-corrected chi connectivity index (χ1v) is 6.44. The van der Waals surface area contributed by atoms with E-state index in [4.69, 9.17) is 0 Å².